The second kappa shape index (κ2) is 4.69. The van der Waals surface area contributed by atoms with Gasteiger partial charge in [0.1, 0.15) is 0 Å². The molecule has 0 saturated heterocycles. The Labute approximate surface area is 100 Å². The second-order valence-electron chi connectivity index (χ2n) is 4.71. The van der Waals surface area contributed by atoms with Gasteiger partial charge in [0.15, 0.2) is 0 Å². The number of nitrogens with zero attached hydrogens (tertiary/aromatic N) is 2. The van der Waals surface area contributed by atoms with Gasteiger partial charge in [-0.2, -0.15) is 0 Å². The molecule has 17 heavy (non-hydrogen) atoms. The molecule has 92 valence electrons. The molecule has 1 fully saturated rings. The van der Waals surface area contributed by atoms with Crippen molar-refractivity contribution in [2.24, 2.45) is 5.92 Å². The molecule has 1 saturated carbocycles. The summed E-state index contributed by atoms with van der Waals surface area (Å²) >= 11 is 0. The molecule has 1 N–H and O–H groups in total. The van der Waals surface area contributed by atoms with Crippen molar-refractivity contribution < 1.29 is 4.92 Å². The van der Waals surface area contributed by atoms with Crippen molar-refractivity contribution in [3.05, 3.63) is 27.9 Å². The monoisotopic (exact) mass is 235 g/mol. The van der Waals surface area contributed by atoms with Crippen molar-refractivity contribution in [2.45, 2.75) is 39.2 Å². The van der Waals surface area contributed by atoms with Crippen LogP contribution in [0.1, 0.15) is 31.7 Å². The van der Waals surface area contributed by atoms with Crippen LogP contribution >= 0.6 is 0 Å². The minimum atomic E-state index is -0.363. The third-order valence-corrected chi connectivity index (χ3v) is 3.53. The number of anilines is 1. The Bertz CT molecular complexity index is 430. The average Bonchev–Trinajstić information content (AvgIpc) is 2.13. The maximum Gasteiger partial charge on any atom is 0.314 e. The first-order chi connectivity index (χ1) is 8.09. The highest BCUT2D eigenvalue weighted by Gasteiger charge is 2.26. The molecule has 0 spiro atoms. The summed E-state index contributed by atoms with van der Waals surface area (Å²) in [5.74, 6) is 1.02. The molecule has 1 aliphatic rings. The first kappa shape index (κ1) is 11.8. The molecule has 1 atom stereocenters. The van der Waals surface area contributed by atoms with Crippen LogP contribution in [0.4, 0.5) is 11.5 Å². The van der Waals surface area contributed by atoms with Gasteiger partial charge < -0.3 is 5.32 Å². The number of rotatable bonds is 4. The summed E-state index contributed by atoms with van der Waals surface area (Å²) in [6.45, 7) is 3.80. The number of nitrogens with one attached hydrogen (secondary N) is 1. The van der Waals surface area contributed by atoms with Crippen LogP contribution in [0.15, 0.2) is 12.3 Å². The van der Waals surface area contributed by atoms with E-state index in [9.17, 15) is 10.1 Å². The smallest absolute Gasteiger partial charge is 0.314 e. The van der Waals surface area contributed by atoms with Crippen LogP contribution in [0.25, 0.3) is 0 Å². The highest BCUT2D eigenvalue weighted by molar-refractivity contribution is 5.60. The predicted molar refractivity (Wildman–Crippen MR) is 66.1 cm³/mol. The first-order valence-electron chi connectivity index (χ1n) is 5.96. The Hall–Kier alpha value is -1.65. The summed E-state index contributed by atoms with van der Waals surface area (Å²) < 4.78 is 0. The maximum atomic E-state index is 11.0. The summed E-state index contributed by atoms with van der Waals surface area (Å²) in [7, 11) is 0. The van der Waals surface area contributed by atoms with E-state index in [-0.39, 0.29) is 16.7 Å². The van der Waals surface area contributed by atoms with Crippen LogP contribution in [0.3, 0.4) is 0 Å². The van der Waals surface area contributed by atoms with E-state index in [1.54, 1.807) is 19.2 Å². The van der Waals surface area contributed by atoms with Gasteiger partial charge in [-0.25, -0.2) is 4.98 Å². The standard InChI is InChI=1S/C12H17N3O2/c1-8-6-7-13-12(11(8)15(16)17)14-9(2)10-4-3-5-10/h6-7,9-10H,3-5H2,1-2H3,(H,13,14). The van der Waals surface area contributed by atoms with Crippen LogP contribution < -0.4 is 5.32 Å². The van der Waals surface area contributed by atoms with Crippen molar-refractivity contribution >= 4 is 11.5 Å². The van der Waals surface area contributed by atoms with Crippen molar-refractivity contribution in [2.75, 3.05) is 5.32 Å². The summed E-state index contributed by atoms with van der Waals surface area (Å²) in [4.78, 5) is 14.7. The Balaban J connectivity index is 2.19. The Kier molecular flexibility index (Phi) is 3.26. The Morgan fingerprint density at radius 2 is 2.29 bits per heavy atom. The van der Waals surface area contributed by atoms with E-state index in [1.807, 2.05) is 0 Å². The van der Waals surface area contributed by atoms with Gasteiger partial charge in [0, 0.05) is 17.8 Å². The number of nitro groups is 1. The molecule has 0 radical (unpaired) electrons. The molecule has 0 amide bonds. The number of pyridine rings is 1. The van der Waals surface area contributed by atoms with Crippen molar-refractivity contribution in [1.82, 2.24) is 4.98 Å². The lowest BCUT2D eigenvalue weighted by atomic mass is 9.80. The number of hydrogen-bond donors (Lipinski definition) is 1. The topological polar surface area (TPSA) is 68.1 Å². The van der Waals surface area contributed by atoms with Gasteiger partial charge in [-0.05, 0) is 38.7 Å². The Morgan fingerprint density at radius 3 is 2.82 bits per heavy atom. The molecule has 5 nitrogen and oxygen atoms in total. The largest absolute Gasteiger partial charge is 0.362 e. The van der Waals surface area contributed by atoms with Gasteiger partial charge in [-0.3, -0.25) is 10.1 Å². The van der Waals surface area contributed by atoms with Gasteiger partial charge in [0.05, 0.1) is 4.92 Å². The summed E-state index contributed by atoms with van der Waals surface area (Å²) in [5.41, 5.74) is 0.743. The van der Waals surface area contributed by atoms with E-state index >= 15 is 0 Å². The van der Waals surface area contributed by atoms with E-state index in [1.165, 1.54) is 19.3 Å². The number of aryl methyl sites for hydroxylation is 1. The lowest BCUT2D eigenvalue weighted by Crippen LogP contribution is -2.31. The van der Waals surface area contributed by atoms with E-state index in [2.05, 4.69) is 17.2 Å². The third-order valence-electron chi connectivity index (χ3n) is 3.53. The van der Waals surface area contributed by atoms with Crippen LogP contribution in [0.5, 0.6) is 0 Å². The zero-order chi connectivity index (χ0) is 12.4. The zero-order valence-electron chi connectivity index (χ0n) is 10.1. The van der Waals surface area contributed by atoms with Crippen molar-refractivity contribution in [3.8, 4) is 0 Å². The van der Waals surface area contributed by atoms with E-state index in [4.69, 9.17) is 0 Å². The Morgan fingerprint density at radius 1 is 1.59 bits per heavy atom. The maximum absolute atomic E-state index is 11.0. The highest BCUT2D eigenvalue weighted by Crippen LogP contribution is 2.33. The molecule has 1 unspecified atom stereocenters. The lowest BCUT2D eigenvalue weighted by Gasteiger charge is -2.32. The van der Waals surface area contributed by atoms with Crippen LogP contribution in [-0.4, -0.2) is 15.9 Å². The van der Waals surface area contributed by atoms with Crippen molar-refractivity contribution in [1.29, 1.82) is 0 Å². The fraction of sp³-hybridized carbons (Fsp3) is 0.583. The van der Waals surface area contributed by atoms with Gasteiger partial charge >= 0.3 is 5.69 Å². The molecule has 5 heteroatoms. The zero-order valence-corrected chi connectivity index (χ0v) is 10.1. The molecule has 2 rings (SSSR count). The van der Waals surface area contributed by atoms with Crippen LogP contribution in [-0.2, 0) is 0 Å². The number of hydrogen-bond acceptors (Lipinski definition) is 4. The third kappa shape index (κ3) is 2.38. The SMILES string of the molecule is Cc1ccnc(NC(C)C2CCC2)c1[N+](=O)[O-]. The predicted octanol–water partition coefficient (Wildman–Crippen LogP) is 2.90. The summed E-state index contributed by atoms with van der Waals surface area (Å²) in [5, 5.41) is 14.2. The minimum absolute atomic E-state index is 0.0960. The highest BCUT2D eigenvalue weighted by atomic mass is 16.6. The normalized spacial score (nSPS) is 17.3. The van der Waals surface area contributed by atoms with Gasteiger partial charge in [-0.1, -0.05) is 6.42 Å². The molecule has 1 aromatic rings. The van der Waals surface area contributed by atoms with Crippen molar-refractivity contribution in [3.63, 3.8) is 0 Å². The van der Waals surface area contributed by atoms with E-state index in [0.29, 0.717) is 17.3 Å². The molecule has 1 aliphatic carbocycles. The van der Waals surface area contributed by atoms with Crippen LogP contribution in [0.2, 0.25) is 0 Å². The first-order valence-corrected chi connectivity index (χ1v) is 5.96. The average molecular weight is 235 g/mol. The lowest BCUT2D eigenvalue weighted by molar-refractivity contribution is -0.384. The molecular formula is C12H17N3O2. The van der Waals surface area contributed by atoms with Gasteiger partial charge in [0.25, 0.3) is 0 Å². The molecule has 0 aromatic carbocycles. The van der Waals surface area contributed by atoms with Gasteiger partial charge in [0.2, 0.25) is 5.82 Å². The fourth-order valence-corrected chi connectivity index (χ4v) is 2.16. The summed E-state index contributed by atoms with van der Waals surface area (Å²) in [6.07, 6.45) is 5.28. The summed E-state index contributed by atoms with van der Waals surface area (Å²) in [6, 6.07) is 1.91. The van der Waals surface area contributed by atoms with Crippen LogP contribution in [0, 0.1) is 23.0 Å². The molecular weight excluding hydrogens is 218 g/mol. The van der Waals surface area contributed by atoms with E-state index in [0.717, 1.165) is 0 Å². The second-order valence-corrected chi connectivity index (χ2v) is 4.71. The van der Waals surface area contributed by atoms with Gasteiger partial charge in [-0.15, -0.1) is 0 Å². The van der Waals surface area contributed by atoms with E-state index < -0.39 is 0 Å². The molecule has 0 aliphatic heterocycles. The fourth-order valence-electron chi connectivity index (χ4n) is 2.16. The molecule has 1 heterocycles. The molecule has 1 aromatic heterocycles. The minimum Gasteiger partial charge on any atom is -0.362 e. The quantitative estimate of drug-likeness (QED) is 0.643. The number of aromatic nitrogens is 1. The molecule has 0 bridgehead atoms.